The van der Waals surface area contributed by atoms with Crippen molar-refractivity contribution in [1.29, 1.82) is 0 Å². The van der Waals surface area contributed by atoms with Gasteiger partial charge in [0.15, 0.2) is 0 Å². The van der Waals surface area contributed by atoms with Crippen LogP contribution in [0, 0.1) is 6.92 Å². The average molecular weight is 274 g/mol. The van der Waals surface area contributed by atoms with Gasteiger partial charge in [0.2, 0.25) is 0 Å². The summed E-state index contributed by atoms with van der Waals surface area (Å²) >= 11 is 5.96. The van der Waals surface area contributed by atoms with Crippen LogP contribution < -0.4 is 5.32 Å². The van der Waals surface area contributed by atoms with E-state index in [1.807, 2.05) is 12.1 Å². The van der Waals surface area contributed by atoms with Gasteiger partial charge in [-0.15, -0.1) is 0 Å². The van der Waals surface area contributed by atoms with Gasteiger partial charge in [0, 0.05) is 18.1 Å². The summed E-state index contributed by atoms with van der Waals surface area (Å²) in [6, 6.07) is 14.8. The lowest BCUT2D eigenvalue weighted by atomic mass is 10.1. The number of hydrogen-bond acceptors (Lipinski definition) is 1. The molecule has 0 amide bonds. The van der Waals surface area contributed by atoms with Crippen LogP contribution in [0.1, 0.15) is 29.2 Å². The van der Waals surface area contributed by atoms with Crippen LogP contribution in [0.25, 0.3) is 0 Å². The van der Waals surface area contributed by atoms with E-state index in [0.717, 1.165) is 24.5 Å². The van der Waals surface area contributed by atoms with E-state index in [0.29, 0.717) is 0 Å². The first-order valence-electron chi connectivity index (χ1n) is 6.72. The SMILES string of the molecule is CCc1ccc(CNCc2ccc(Cl)cc2C)cc1. The van der Waals surface area contributed by atoms with Crippen molar-refractivity contribution in [2.45, 2.75) is 33.4 Å². The van der Waals surface area contributed by atoms with Crippen molar-refractivity contribution in [3.05, 3.63) is 69.7 Å². The summed E-state index contributed by atoms with van der Waals surface area (Å²) in [7, 11) is 0. The second-order valence-electron chi connectivity index (χ2n) is 4.84. The van der Waals surface area contributed by atoms with Crippen molar-refractivity contribution < 1.29 is 0 Å². The molecule has 0 aliphatic heterocycles. The van der Waals surface area contributed by atoms with Crippen LogP contribution in [-0.4, -0.2) is 0 Å². The molecule has 0 unspecified atom stereocenters. The third-order valence-electron chi connectivity index (χ3n) is 3.38. The number of halogens is 1. The van der Waals surface area contributed by atoms with E-state index in [-0.39, 0.29) is 0 Å². The Morgan fingerprint density at radius 2 is 1.63 bits per heavy atom. The van der Waals surface area contributed by atoms with Crippen molar-refractivity contribution in [3.63, 3.8) is 0 Å². The predicted octanol–water partition coefficient (Wildman–Crippen LogP) is 4.50. The molecule has 0 aromatic heterocycles. The Hall–Kier alpha value is -1.31. The quantitative estimate of drug-likeness (QED) is 0.846. The van der Waals surface area contributed by atoms with Gasteiger partial charge in [-0.2, -0.15) is 0 Å². The minimum atomic E-state index is 0.802. The van der Waals surface area contributed by atoms with Crippen LogP contribution in [-0.2, 0) is 19.5 Å². The number of nitrogens with one attached hydrogen (secondary N) is 1. The van der Waals surface area contributed by atoms with Gasteiger partial charge < -0.3 is 5.32 Å². The molecule has 0 aliphatic rings. The maximum absolute atomic E-state index is 5.96. The minimum absolute atomic E-state index is 0.802. The van der Waals surface area contributed by atoms with E-state index in [9.17, 15) is 0 Å². The van der Waals surface area contributed by atoms with E-state index < -0.39 is 0 Å². The van der Waals surface area contributed by atoms with Gasteiger partial charge in [0.25, 0.3) is 0 Å². The van der Waals surface area contributed by atoms with Crippen LogP contribution >= 0.6 is 11.6 Å². The van der Waals surface area contributed by atoms with Crippen LogP contribution in [0.15, 0.2) is 42.5 Å². The van der Waals surface area contributed by atoms with Crippen molar-refractivity contribution in [2.24, 2.45) is 0 Å². The fraction of sp³-hybridized carbons (Fsp3) is 0.294. The van der Waals surface area contributed by atoms with Gasteiger partial charge in [-0.05, 0) is 47.7 Å². The molecule has 0 saturated carbocycles. The first-order chi connectivity index (χ1) is 9.19. The lowest BCUT2D eigenvalue weighted by Crippen LogP contribution is -2.13. The fourth-order valence-electron chi connectivity index (χ4n) is 2.09. The smallest absolute Gasteiger partial charge is 0.0408 e. The molecule has 1 nitrogen and oxygen atoms in total. The zero-order valence-corrected chi connectivity index (χ0v) is 12.3. The Morgan fingerprint density at radius 3 is 2.26 bits per heavy atom. The third kappa shape index (κ3) is 4.09. The molecule has 2 aromatic rings. The topological polar surface area (TPSA) is 12.0 Å². The molecule has 2 heteroatoms. The lowest BCUT2D eigenvalue weighted by molar-refractivity contribution is 0.690. The molecule has 0 heterocycles. The summed E-state index contributed by atoms with van der Waals surface area (Å²) in [5, 5.41) is 4.27. The average Bonchev–Trinajstić information content (AvgIpc) is 2.42. The first-order valence-corrected chi connectivity index (χ1v) is 7.10. The molecule has 0 aliphatic carbocycles. The van der Waals surface area contributed by atoms with Gasteiger partial charge in [-0.3, -0.25) is 0 Å². The van der Waals surface area contributed by atoms with Crippen LogP contribution in [0.2, 0.25) is 5.02 Å². The molecule has 0 spiro atoms. The van der Waals surface area contributed by atoms with Crippen LogP contribution in [0.5, 0.6) is 0 Å². The molecule has 0 fully saturated rings. The van der Waals surface area contributed by atoms with Gasteiger partial charge in [-0.25, -0.2) is 0 Å². The summed E-state index contributed by atoms with van der Waals surface area (Å²) < 4.78 is 0. The summed E-state index contributed by atoms with van der Waals surface area (Å²) in [4.78, 5) is 0. The minimum Gasteiger partial charge on any atom is -0.309 e. The molecular weight excluding hydrogens is 254 g/mol. The van der Waals surface area contributed by atoms with Crippen molar-refractivity contribution >= 4 is 11.6 Å². The van der Waals surface area contributed by atoms with E-state index in [1.165, 1.54) is 22.3 Å². The molecule has 2 aromatic carbocycles. The predicted molar refractivity (Wildman–Crippen MR) is 82.6 cm³/mol. The molecule has 19 heavy (non-hydrogen) atoms. The largest absolute Gasteiger partial charge is 0.309 e. The van der Waals surface area contributed by atoms with E-state index in [4.69, 9.17) is 11.6 Å². The Bertz CT molecular complexity index is 531. The molecule has 0 bridgehead atoms. The maximum atomic E-state index is 5.96. The highest BCUT2D eigenvalue weighted by Gasteiger charge is 1.99. The second kappa shape index (κ2) is 6.74. The van der Waals surface area contributed by atoms with Crippen LogP contribution in [0.3, 0.4) is 0 Å². The maximum Gasteiger partial charge on any atom is 0.0408 e. The van der Waals surface area contributed by atoms with Gasteiger partial charge in [-0.1, -0.05) is 48.9 Å². The Morgan fingerprint density at radius 1 is 0.947 bits per heavy atom. The summed E-state index contributed by atoms with van der Waals surface area (Å²) in [5.74, 6) is 0. The fourth-order valence-corrected chi connectivity index (χ4v) is 2.32. The van der Waals surface area contributed by atoms with Crippen LogP contribution in [0.4, 0.5) is 0 Å². The highest BCUT2D eigenvalue weighted by molar-refractivity contribution is 6.30. The summed E-state index contributed by atoms with van der Waals surface area (Å²) in [6.45, 7) is 6.04. The molecule has 1 N–H and O–H groups in total. The Kier molecular flexibility index (Phi) is 5.00. The van der Waals surface area contributed by atoms with E-state index >= 15 is 0 Å². The summed E-state index contributed by atoms with van der Waals surface area (Å²) in [6.07, 6.45) is 1.09. The summed E-state index contributed by atoms with van der Waals surface area (Å²) in [5.41, 5.74) is 5.25. The lowest BCUT2D eigenvalue weighted by Gasteiger charge is -2.09. The van der Waals surface area contributed by atoms with Crippen molar-refractivity contribution in [3.8, 4) is 0 Å². The molecule has 0 radical (unpaired) electrons. The highest BCUT2D eigenvalue weighted by atomic mass is 35.5. The number of rotatable bonds is 5. The molecule has 0 saturated heterocycles. The first kappa shape index (κ1) is 14.1. The second-order valence-corrected chi connectivity index (χ2v) is 5.28. The van der Waals surface area contributed by atoms with E-state index in [1.54, 1.807) is 0 Å². The van der Waals surface area contributed by atoms with Gasteiger partial charge in [0.1, 0.15) is 0 Å². The monoisotopic (exact) mass is 273 g/mol. The third-order valence-corrected chi connectivity index (χ3v) is 3.62. The van der Waals surface area contributed by atoms with E-state index in [2.05, 4.69) is 49.5 Å². The number of aryl methyl sites for hydroxylation is 2. The number of hydrogen-bond donors (Lipinski definition) is 1. The molecule has 0 atom stereocenters. The van der Waals surface area contributed by atoms with Gasteiger partial charge >= 0.3 is 0 Å². The van der Waals surface area contributed by atoms with Crippen molar-refractivity contribution in [1.82, 2.24) is 5.32 Å². The highest BCUT2D eigenvalue weighted by Crippen LogP contribution is 2.15. The van der Waals surface area contributed by atoms with Crippen molar-refractivity contribution in [2.75, 3.05) is 0 Å². The zero-order valence-electron chi connectivity index (χ0n) is 11.5. The normalized spacial score (nSPS) is 10.7. The zero-order chi connectivity index (χ0) is 13.7. The molecular formula is C17H20ClN. The molecule has 100 valence electrons. The number of benzene rings is 2. The molecule has 2 rings (SSSR count). The van der Waals surface area contributed by atoms with Gasteiger partial charge in [0.05, 0.1) is 0 Å². The standard InChI is InChI=1S/C17H20ClN/c1-3-14-4-6-15(7-5-14)11-19-12-16-8-9-17(18)10-13(16)2/h4-10,19H,3,11-12H2,1-2H3. The Labute approximate surface area is 120 Å². The Balaban J connectivity index is 1.88.